The summed E-state index contributed by atoms with van der Waals surface area (Å²) in [7, 11) is 0. The van der Waals surface area contributed by atoms with Crippen LogP contribution >= 0.6 is 0 Å². The molecule has 3 atom stereocenters. The van der Waals surface area contributed by atoms with Crippen LogP contribution in [0.2, 0.25) is 0 Å². The Labute approximate surface area is 235 Å². The highest BCUT2D eigenvalue weighted by molar-refractivity contribution is 6.08. The molecule has 3 unspecified atom stereocenters. The van der Waals surface area contributed by atoms with Crippen molar-refractivity contribution in [3.05, 3.63) is 47.9 Å². The number of nitrogens with zero attached hydrogens (tertiary/aromatic N) is 4. The Morgan fingerprint density at radius 2 is 1.90 bits per heavy atom. The van der Waals surface area contributed by atoms with Gasteiger partial charge in [-0.1, -0.05) is 25.8 Å². The second-order valence-electron chi connectivity index (χ2n) is 11.8. The van der Waals surface area contributed by atoms with Crippen molar-refractivity contribution in [2.45, 2.75) is 64.6 Å². The van der Waals surface area contributed by atoms with Crippen molar-refractivity contribution < 1.29 is 14.3 Å². The standard InChI is InChI=1S/C31H40N6O3/c1-20-13-21(2)35-31(39)27(20)17-33-30(38)26-14-23(15-29-28(26)18-34-37(29)25-5-3-4-6-25)22-7-8-24(32-16-22)19-36-9-11-40-12-10-36/h7-8,14-16,18,20-21,25,27H,3-6,9-13,17,19H2,1-2H3,(H,33,38)(H,35,39). The molecule has 3 aromatic rings. The molecule has 9 nitrogen and oxygen atoms in total. The minimum absolute atomic E-state index is 0.0164. The van der Waals surface area contributed by atoms with Crippen molar-refractivity contribution >= 4 is 22.7 Å². The molecule has 3 aliphatic rings. The van der Waals surface area contributed by atoms with Gasteiger partial charge in [0.05, 0.1) is 48.1 Å². The Bertz CT molecular complexity index is 1360. The maximum absolute atomic E-state index is 13.7. The van der Waals surface area contributed by atoms with Crippen LogP contribution in [-0.4, -0.2) is 70.4 Å². The normalized spacial score (nSPS) is 24.4. The molecule has 0 bridgehead atoms. The summed E-state index contributed by atoms with van der Waals surface area (Å²) in [4.78, 5) is 33.4. The average molecular weight is 545 g/mol. The lowest BCUT2D eigenvalue weighted by Gasteiger charge is -2.32. The molecule has 40 heavy (non-hydrogen) atoms. The lowest BCUT2D eigenvalue weighted by atomic mass is 9.84. The van der Waals surface area contributed by atoms with E-state index in [0.29, 0.717) is 18.2 Å². The second kappa shape index (κ2) is 11.7. The van der Waals surface area contributed by atoms with E-state index in [9.17, 15) is 9.59 Å². The number of piperidine rings is 1. The van der Waals surface area contributed by atoms with E-state index < -0.39 is 0 Å². The van der Waals surface area contributed by atoms with E-state index in [-0.39, 0.29) is 29.7 Å². The predicted octanol–water partition coefficient (Wildman–Crippen LogP) is 3.94. The van der Waals surface area contributed by atoms with Gasteiger partial charge in [-0.3, -0.25) is 24.2 Å². The van der Waals surface area contributed by atoms with Gasteiger partial charge in [0.25, 0.3) is 5.91 Å². The largest absolute Gasteiger partial charge is 0.379 e. The molecule has 2 saturated heterocycles. The highest BCUT2D eigenvalue weighted by atomic mass is 16.5. The van der Waals surface area contributed by atoms with Crippen molar-refractivity contribution in [1.29, 1.82) is 0 Å². The molecule has 2 amide bonds. The van der Waals surface area contributed by atoms with Gasteiger partial charge in [-0.25, -0.2) is 0 Å². The number of carbonyl (C=O) groups excluding carboxylic acids is 2. The maximum Gasteiger partial charge on any atom is 0.252 e. The lowest BCUT2D eigenvalue weighted by Crippen LogP contribution is -2.50. The second-order valence-corrected chi connectivity index (χ2v) is 11.8. The van der Waals surface area contributed by atoms with E-state index in [1.807, 2.05) is 25.4 Å². The quantitative estimate of drug-likeness (QED) is 0.467. The van der Waals surface area contributed by atoms with Crippen LogP contribution in [-0.2, 0) is 16.1 Å². The van der Waals surface area contributed by atoms with Gasteiger partial charge in [0.15, 0.2) is 0 Å². The monoisotopic (exact) mass is 544 g/mol. The number of carbonyl (C=O) groups is 2. The fraction of sp³-hybridized carbons (Fsp3) is 0.548. The first-order valence-corrected chi connectivity index (χ1v) is 14.8. The zero-order valence-corrected chi connectivity index (χ0v) is 23.6. The van der Waals surface area contributed by atoms with Crippen LogP contribution < -0.4 is 10.6 Å². The summed E-state index contributed by atoms with van der Waals surface area (Å²) in [6.07, 6.45) is 9.26. The van der Waals surface area contributed by atoms with Crippen molar-refractivity contribution in [2.75, 3.05) is 32.8 Å². The fourth-order valence-corrected chi connectivity index (χ4v) is 6.60. The summed E-state index contributed by atoms with van der Waals surface area (Å²) in [5, 5.41) is 11.7. The van der Waals surface area contributed by atoms with Gasteiger partial charge in [-0.15, -0.1) is 0 Å². The van der Waals surface area contributed by atoms with E-state index in [4.69, 9.17) is 14.8 Å². The summed E-state index contributed by atoms with van der Waals surface area (Å²) in [5.41, 5.74) is 4.50. The first kappa shape index (κ1) is 26.9. The molecule has 0 radical (unpaired) electrons. The van der Waals surface area contributed by atoms with Gasteiger partial charge < -0.3 is 15.4 Å². The van der Waals surface area contributed by atoms with Crippen LogP contribution in [0.4, 0.5) is 0 Å². The average Bonchev–Trinajstić information content (AvgIpc) is 3.63. The zero-order valence-electron chi connectivity index (χ0n) is 23.6. The highest BCUT2D eigenvalue weighted by Crippen LogP contribution is 2.35. The summed E-state index contributed by atoms with van der Waals surface area (Å²) in [5.74, 6) is -0.179. The number of ether oxygens (including phenoxy) is 1. The van der Waals surface area contributed by atoms with Gasteiger partial charge in [-0.05, 0) is 55.9 Å². The fourth-order valence-electron chi connectivity index (χ4n) is 6.60. The van der Waals surface area contributed by atoms with E-state index in [0.717, 1.165) is 79.8 Å². The van der Waals surface area contributed by atoms with Crippen LogP contribution in [0.15, 0.2) is 36.7 Å². The van der Waals surface area contributed by atoms with Gasteiger partial charge in [-0.2, -0.15) is 5.10 Å². The van der Waals surface area contributed by atoms with Crippen molar-refractivity contribution in [3.8, 4) is 11.1 Å². The topological polar surface area (TPSA) is 101 Å². The minimum atomic E-state index is -0.233. The van der Waals surface area contributed by atoms with E-state index >= 15 is 0 Å². The molecule has 1 saturated carbocycles. The van der Waals surface area contributed by atoms with Crippen LogP contribution in [0.25, 0.3) is 22.0 Å². The predicted molar refractivity (Wildman–Crippen MR) is 154 cm³/mol. The van der Waals surface area contributed by atoms with Crippen LogP contribution in [0.3, 0.4) is 0 Å². The molecule has 2 aromatic heterocycles. The number of fused-ring (bicyclic) bond motifs is 1. The van der Waals surface area contributed by atoms with E-state index in [2.05, 4.69) is 45.3 Å². The van der Waals surface area contributed by atoms with Gasteiger partial charge in [0, 0.05) is 49.4 Å². The number of rotatable bonds is 7. The summed E-state index contributed by atoms with van der Waals surface area (Å²) >= 11 is 0. The maximum atomic E-state index is 13.7. The Balaban J connectivity index is 1.28. The van der Waals surface area contributed by atoms with Crippen LogP contribution in [0.5, 0.6) is 0 Å². The Morgan fingerprint density at radius 1 is 1.10 bits per heavy atom. The van der Waals surface area contributed by atoms with Crippen LogP contribution in [0.1, 0.15) is 68.0 Å². The Kier molecular flexibility index (Phi) is 7.85. The third-order valence-electron chi connectivity index (χ3n) is 8.90. The molecule has 6 rings (SSSR count). The van der Waals surface area contributed by atoms with Crippen molar-refractivity contribution in [2.24, 2.45) is 11.8 Å². The Hall–Kier alpha value is -3.30. The van der Waals surface area contributed by atoms with E-state index in [1.54, 1.807) is 0 Å². The number of aromatic nitrogens is 3. The summed E-state index contributed by atoms with van der Waals surface area (Å²) in [6, 6.07) is 8.79. The Morgan fingerprint density at radius 3 is 2.62 bits per heavy atom. The molecule has 9 heteroatoms. The molecule has 1 aliphatic carbocycles. The van der Waals surface area contributed by atoms with Gasteiger partial charge in [0.2, 0.25) is 5.91 Å². The highest BCUT2D eigenvalue weighted by Gasteiger charge is 2.32. The molecule has 1 aromatic carbocycles. The van der Waals surface area contributed by atoms with Gasteiger partial charge >= 0.3 is 0 Å². The van der Waals surface area contributed by atoms with Gasteiger partial charge in [0.1, 0.15) is 0 Å². The molecular formula is C31H40N6O3. The first-order valence-electron chi connectivity index (χ1n) is 14.8. The third-order valence-corrected chi connectivity index (χ3v) is 8.90. The smallest absolute Gasteiger partial charge is 0.252 e. The van der Waals surface area contributed by atoms with Crippen molar-refractivity contribution in [1.82, 2.24) is 30.3 Å². The first-order chi connectivity index (χ1) is 19.5. The zero-order chi connectivity index (χ0) is 27.6. The number of hydrogen-bond donors (Lipinski definition) is 2. The molecule has 2 aliphatic heterocycles. The molecular weight excluding hydrogens is 504 g/mol. The SMILES string of the molecule is CC1CC(C)C(CNC(=O)c2cc(-c3ccc(CN4CCOCC4)nc3)cc3c2cnn3C2CCCC2)C(=O)N1. The third kappa shape index (κ3) is 5.63. The number of benzene rings is 1. The number of hydrogen-bond acceptors (Lipinski definition) is 6. The van der Waals surface area contributed by atoms with E-state index in [1.165, 1.54) is 12.8 Å². The molecule has 212 valence electrons. The summed E-state index contributed by atoms with van der Waals surface area (Å²) < 4.78 is 7.58. The lowest BCUT2D eigenvalue weighted by molar-refractivity contribution is -0.129. The molecule has 0 spiro atoms. The minimum Gasteiger partial charge on any atom is -0.379 e. The number of amides is 2. The van der Waals surface area contributed by atoms with Crippen molar-refractivity contribution in [3.63, 3.8) is 0 Å². The number of morpholine rings is 1. The van der Waals surface area contributed by atoms with Crippen LogP contribution in [0, 0.1) is 11.8 Å². The molecule has 4 heterocycles. The number of nitrogens with one attached hydrogen (secondary N) is 2. The summed E-state index contributed by atoms with van der Waals surface area (Å²) in [6.45, 7) is 8.61. The molecule has 3 fully saturated rings. The molecule has 2 N–H and O–H groups in total. The number of pyridine rings is 1.